The minimum absolute atomic E-state index is 0.157. The van der Waals surface area contributed by atoms with Gasteiger partial charge >= 0.3 is 5.97 Å². The van der Waals surface area contributed by atoms with Crippen LogP contribution >= 0.6 is 0 Å². The van der Waals surface area contributed by atoms with Crippen molar-refractivity contribution >= 4 is 20.0 Å². The van der Waals surface area contributed by atoms with Crippen LogP contribution in [0.1, 0.15) is 12.0 Å². The summed E-state index contributed by atoms with van der Waals surface area (Å²) in [6, 6.07) is 7.62. The van der Waals surface area contributed by atoms with Crippen molar-refractivity contribution in [2.45, 2.75) is 38.5 Å². The Labute approximate surface area is 156 Å². The molecule has 0 aliphatic heterocycles. The van der Waals surface area contributed by atoms with Crippen LogP contribution in [0.15, 0.2) is 24.3 Å². The van der Waals surface area contributed by atoms with Crippen molar-refractivity contribution in [2.75, 3.05) is 20.8 Å². The zero-order valence-electron chi connectivity index (χ0n) is 16.2. The van der Waals surface area contributed by atoms with E-state index in [0.717, 1.165) is 11.6 Å². The standard InChI is InChI=1S/C19H29NO5Si/c1-24-18(23)19(12-14-6-8-15(21)9-7-14)13-16(19)17(22)20(25-2)10-11-26(3,4)5/h6-9,16,21H,10-13H2,1-5H3. The third-order valence-corrected chi connectivity index (χ3v) is 6.68. The first kappa shape index (κ1) is 20.4. The van der Waals surface area contributed by atoms with Crippen molar-refractivity contribution in [2.24, 2.45) is 11.3 Å². The molecule has 0 bridgehead atoms. The summed E-state index contributed by atoms with van der Waals surface area (Å²) in [6.07, 6.45) is 0.855. The number of phenols is 1. The molecule has 0 spiro atoms. The van der Waals surface area contributed by atoms with Gasteiger partial charge in [0, 0.05) is 14.6 Å². The lowest BCUT2D eigenvalue weighted by molar-refractivity contribution is -0.178. The van der Waals surface area contributed by atoms with E-state index < -0.39 is 19.4 Å². The first-order valence-electron chi connectivity index (χ1n) is 8.85. The van der Waals surface area contributed by atoms with E-state index in [9.17, 15) is 14.7 Å². The maximum Gasteiger partial charge on any atom is 0.312 e. The number of hydroxylamine groups is 2. The number of rotatable bonds is 8. The van der Waals surface area contributed by atoms with Gasteiger partial charge in [-0.25, -0.2) is 5.06 Å². The van der Waals surface area contributed by atoms with Crippen molar-refractivity contribution < 1.29 is 24.3 Å². The lowest BCUT2D eigenvalue weighted by Crippen LogP contribution is -2.38. The van der Waals surface area contributed by atoms with Gasteiger partial charge in [-0.05, 0) is 36.6 Å². The Morgan fingerprint density at radius 1 is 1.23 bits per heavy atom. The van der Waals surface area contributed by atoms with Gasteiger partial charge in [0.2, 0.25) is 5.91 Å². The van der Waals surface area contributed by atoms with Crippen molar-refractivity contribution in [3.63, 3.8) is 0 Å². The molecule has 0 saturated heterocycles. The van der Waals surface area contributed by atoms with Gasteiger partial charge in [0.05, 0.1) is 25.6 Å². The molecule has 1 aliphatic carbocycles. The van der Waals surface area contributed by atoms with E-state index in [-0.39, 0.29) is 17.6 Å². The van der Waals surface area contributed by atoms with Crippen LogP contribution in [0, 0.1) is 11.3 Å². The monoisotopic (exact) mass is 379 g/mol. The third-order valence-electron chi connectivity index (χ3n) is 4.95. The number of nitrogens with zero attached hydrogens (tertiary/aromatic N) is 1. The van der Waals surface area contributed by atoms with Gasteiger partial charge < -0.3 is 9.84 Å². The summed E-state index contributed by atoms with van der Waals surface area (Å²) < 4.78 is 4.99. The van der Waals surface area contributed by atoms with E-state index in [1.54, 1.807) is 24.3 Å². The van der Waals surface area contributed by atoms with Gasteiger partial charge in [-0.2, -0.15) is 0 Å². The molecule has 1 aromatic rings. The molecular formula is C19H29NO5Si. The number of methoxy groups -OCH3 is 1. The topological polar surface area (TPSA) is 76.1 Å². The highest BCUT2D eigenvalue weighted by molar-refractivity contribution is 6.76. The highest BCUT2D eigenvalue weighted by Gasteiger charge is 2.65. The summed E-state index contributed by atoms with van der Waals surface area (Å²) in [5.41, 5.74) is 0.0354. The van der Waals surface area contributed by atoms with E-state index in [2.05, 4.69) is 19.6 Å². The Balaban J connectivity index is 2.13. The molecule has 7 heteroatoms. The summed E-state index contributed by atoms with van der Waals surface area (Å²) >= 11 is 0. The van der Waals surface area contributed by atoms with Crippen LogP contribution in [-0.4, -0.2) is 50.9 Å². The molecular weight excluding hydrogens is 350 g/mol. The highest BCUT2D eigenvalue weighted by atomic mass is 28.3. The largest absolute Gasteiger partial charge is 0.508 e. The number of ether oxygens (including phenoxy) is 1. The maximum atomic E-state index is 12.9. The summed E-state index contributed by atoms with van der Waals surface area (Å²) in [7, 11) is 1.52. The highest BCUT2D eigenvalue weighted by Crippen LogP contribution is 2.56. The molecule has 1 saturated carbocycles. The van der Waals surface area contributed by atoms with E-state index in [0.29, 0.717) is 19.4 Å². The maximum absolute atomic E-state index is 12.9. The van der Waals surface area contributed by atoms with E-state index in [1.807, 2.05) is 0 Å². The summed E-state index contributed by atoms with van der Waals surface area (Å²) in [6.45, 7) is 7.27. The Hall–Kier alpha value is -1.86. The Kier molecular flexibility index (Phi) is 6.13. The second kappa shape index (κ2) is 7.80. The molecule has 26 heavy (non-hydrogen) atoms. The van der Waals surface area contributed by atoms with Gasteiger partial charge in [-0.1, -0.05) is 31.8 Å². The lowest BCUT2D eigenvalue weighted by atomic mass is 9.93. The zero-order chi connectivity index (χ0) is 19.5. The van der Waals surface area contributed by atoms with Gasteiger partial charge in [0.25, 0.3) is 0 Å². The fourth-order valence-electron chi connectivity index (χ4n) is 3.21. The quantitative estimate of drug-likeness (QED) is 0.427. The van der Waals surface area contributed by atoms with Crippen LogP contribution in [0.3, 0.4) is 0 Å². The minimum Gasteiger partial charge on any atom is -0.508 e. The van der Waals surface area contributed by atoms with Crippen LogP contribution in [0.4, 0.5) is 0 Å². The SMILES string of the molecule is COC(=O)C1(Cc2ccc(O)cc2)CC1C(=O)N(CC[Si](C)(C)C)OC. The normalized spacial score (nSPS) is 22.0. The van der Waals surface area contributed by atoms with Gasteiger partial charge in [0.1, 0.15) is 5.75 Å². The van der Waals surface area contributed by atoms with Gasteiger partial charge in [0.15, 0.2) is 0 Å². The molecule has 2 atom stereocenters. The Morgan fingerprint density at radius 3 is 2.35 bits per heavy atom. The molecule has 6 nitrogen and oxygen atoms in total. The fraction of sp³-hybridized carbons (Fsp3) is 0.579. The smallest absolute Gasteiger partial charge is 0.312 e. The number of aromatic hydroxyl groups is 1. The van der Waals surface area contributed by atoms with Crippen molar-refractivity contribution in [3.8, 4) is 5.75 Å². The zero-order valence-corrected chi connectivity index (χ0v) is 17.2. The molecule has 1 aromatic carbocycles. The average Bonchev–Trinajstić information content (AvgIpc) is 3.31. The van der Waals surface area contributed by atoms with Crippen LogP contribution in [-0.2, 0) is 25.6 Å². The first-order chi connectivity index (χ1) is 12.1. The van der Waals surface area contributed by atoms with Crippen LogP contribution in [0.5, 0.6) is 5.75 Å². The van der Waals surface area contributed by atoms with Crippen LogP contribution in [0.25, 0.3) is 0 Å². The Morgan fingerprint density at radius 2 is 1.85 bits per heavy atom. The van der Waals surface area contributed by atoms with Crippen molar-refractivity contribution in [1.82, 2.24) is 5.06 Å². The molecule has 1 amide bonds. The van der Waals surface area contributed by atoms with Crippen molar-refractivity contribution in [3.05, 3.63) is 29.8 Å². The predicted octanol–water partition coefficient (Wildman–Crippen LogP) is 2.84. The average molecular weight is 380 g/mol. The summed E-state index contributed by atoms with van der Waals surface area (Å²) in [4.78, 5) is 30.6. The number of phenolic OH excluding ortho intramolecular Hbond substituents is 1. The molecule has 0 heterocycles. The van der Waals surface area contributed by atoms with Crippen LogP contribution < -0.4 is 0 Å². The predicted molar refractivity (Wildman–Crippen MR) is 101 cm³/mol. The van der Waals surface area contributed by atoms with Gasteiger partial charge in [-0.15, -0.1) is 0 Å². The van der Waals surface area contributed by atoms with E-state index in [1.165, 1.54) is 19.3 Å². The molecule has 0 radical (unpaired) electrons. The summed E-state index contributed by atoms with van der Waals surface area (Å²) in [5.74, 6) is -0.799. The lowest BCUT2D eigenvalue weighted by Gasteiger charge is -2.25. The number of amides is 1. The second-order valence-electron chi connectivity index (χ2n) is 8.18. The minimum atomic E-state index is -1.32. The molecule has 1 N–H and O–H groups in total. The molecule has 2 unspecified atom stereocenters. The fourth-order valence-corrected chi connectivity index (χ4v) is 4.08. The summed E-state index contributed by atoms with van der Waals surface area (Å²) in [5, 5.41) is 10.8. The molecule has 1 aliphatic rings. The number of carbonyl (C=O) groups is 2. The van der Waals surface area contributed by atoms with E-state index >= 15 is 0 Å². The second-order valence-corrected chi connectivity index (χ2v) is 13.8. The van der Waals surface area contributed by atoms with E-state index in [4.69, 9.17) is 9.57 Å². The molecule has 144 valence electrons. The Bertz CT molecular complexity index is 655. The number of hydrogen-bond donors (Lipinski definition) is 1. The van der Waals surface area contributed by atoms with Crippen molar-refractivity contribution in [1.29, 1.82) is 0 Å². The van der Waals surface area contributed by atoms with Crippen LogP contribution in [0.2, 0.25) is 25.7 Å². The number of hydrogen-bond acceptors (Lipinski definition) is 5. The number of benzene rings is 1. The first-order valence-corrected chi connectivity index (χ1v) is 12.6. The number of esters is 1. The molecule has 2 rings (SSSR count). The molecule has 1 fully saturated rings. The van der Waals surface area contributed by atoms with Gasteiger partial charge in [-0.3, -0.25) is 14.4 Å². The number of carbonyl (C=O) groups excluding carboxylic acids is 2. The molecule has 0 aromatic heterocycles. The third kappa shape index (κ3) is 4.65.